The molecule has 0 radical (unpaired) electrons. The van der Waals surface area contributed by atoms with Crippen LogP contribution in [-0.4, -0.2) is 11.7 Å². The number of benzene rings is 2. The van der Waals surface area contributed by atoms with Gasteiger partial charge in [0.25, 0.3) is 0 Å². The summed E-state index contributed by atoms with van der Waals surface area (Å²) < 4.78 is 60.8. The van der Waals surface area contributed by atoms with Gasteiger partial charge in [-0.1, -0.05) is 24.3 Å². The molecule has 0 saturated carbocycles. The van der Waals surface area contributed by atoms with E-state index in [0.29, 0.717) is 0 Å². The van der Waals surface area contributed by atoms with E-state index in [9.17, 15) is 17.6 Å². The summed E-state index contributed by atoms with van der Waals surface area (Å²) in [6.07, 6.45) is 3.29. The summed E-state index contributed by atoms with van der Waals surface area (Å²) in [6.45, 7) is 1.11. The van der Waals surface area contributed by atoms with Gasteiger partial charge in [0.1, 0.15) is 6.61 Å². The molecule has 0 aromatic heterocycles. The molecule has 0 unspecified atom stereocenters. The molecule has 0 saturated heterocycles. The van der Waals surface area contributed by atoms with Gasteiger partial charge in [0.2, 0.25) is 5.82 Å². The van der Waals surface area contributed by atoms with E-state index in [0.717, 1.165) is 24.3 Å². The Hall–Kier alpha value is -2.34. The number of aliphatic hydroxyl groups excluding tert-OH is 1. The SMILES string of the molecule is CC=CCOc1ccc(-c2ccc(CO)c(F)c2F)c(F)c1F. The van der Waals surface area contributed by atoms with Crippen LogP contribution in [0, 0.1) is 23.3 Å². The van der Waals surface area contributed by atoms with Gasteiger partial charge in [-0.3, -0.25) is 0 Å². The molecule has 0 aliphatic rings. The van der Waals surface area contributed by atoms with Gasteiger partial charge >= 0.3 is 0 Å². The molecule has 0 aliphatic carbocycles. The predicted molar refractivity (Wildman–Crippen MR) is 77.9 cm³/mol. The van der Waals surface area contributed by atoms with E-state index >= 15 is 0 Å². The number of aliphatic hydroxyl groups is 1. The van der Waals surface area contributed by atoms with Gasteiger partial charge < -0.3 is 9.84 Å². The zero-order chi connectivity index (χ0) is 17.0. The molecule has 2 nitrogen and oxygen atoms in total. The summed E-state index contributed by atoms with van der Waals surface area (Å²) in [6, 6.07) is 4.46. The highest BCUT2D eigenvalue weighted by Crippen LogP contribution is 2.32. The first-order chi connectivity index (χ1) is 11.0. The topological polar surface area (TPSA) is 29.5 Å². The molecule has 0 aliphatic heterocycles. The fourth-order valence-corrected chi connectivity index (χ4v) is 2.00. The molecule has 1 N–H and O–H groups in total. The van der Waals surface area contributed by atoms with Crippen LogP contribution in [0.5, 0.6) is 5.75 Å². The second-order valence-corrected chi connectivity index (χ2v) is 4.68. The van der Waals surface area contributed by atoms with Gasteiger partial charge in [-0.05, 0) is 19.1 Å². The molecule has 2 aromatic rings. The molecule has 0 bridgehead atoms. The number of rotatable bonds is 5. The van der Waals surface area contributed by atoms with Gasteiger partial charge in [-0.25, -0.2) is 13.2 Å². The molecular formula is C17H14F4O2. The average Bonchev–Trinajstić information content (AvgIpc) is 2.55. The fourth-order valence-electron chi connectivity index (χ4n) is 2.00. The average molecular weight is 326 g/mol. The van der Waals surface area contributed by atoms with Crippen LogP contribution in [0.25, 0.3) is 11.1 Å². The van der Waals surface area contributed by atoms with E-state index in [1.807, 2.05) is 0 Å². The second-order valence-electron chi connectivity index (χ2n) is 4.68. The van der Waals surface area contributed by atoms with Crippen molar-refractivity contribution < 1.29 is 27.4 Å². The second kappa shape index (κ2) is 7.28. The van der Waals surface area contributed by atoms with Gasteiger partial charge in [0.15, 0.2) is 23.2 Å². The first-order valence-corrected chi connectivity index (χ1v) is 6.81. The smallest absolute Gasteiger partial charge is 0.201 e. The Morgan fingerprint density at radius 1 is 0.913 bits per heavy atom. The van der Waals surface area contributed by atoms with Gasteiger partial charge in [0.05, 0.1) is 6.61 Å². The fraction of sp³-hybridized carbons (Fsp3) is 0.176. The zero-order valence-electron chi connectivity index (χ0n) is 12.2. The Bertz CT molecular complexity index is 742. The molecule has 23 heavy (non-hydrogen) atoms. The van der Waals surface area contributed by atoms with Crippen LogP contribution in [-0.2, 0) is 6.61 Å². The summed E-state index contributed by atoms with van der Waals surface area (Å²) in [7, 11) is 0. The van der Waals surface area contributed by atoms with Crippen molar-refractivity contribution in [3.8, 4) is 16.9 Å². The van der Waals surface area contributed by atoms with E-state index in [1.54, 1.807) is 19.1 Å². The van der Waals surface area contributed by atoms with Crippen LogP contribution >= 0.6 is 0 Å². The van der Waals surface area contributed by atoms with Crippen LogP contribution in [0.15, 0.2) is 36.4 Å². The Morgan fingerprint density at radius 3 is 2.13 bits per heavy atom. The molecule has 0 heterocycles. The minimum Gasteiger partial charge on any atom is -0.486 e. The van der Waals surface area contributed by atoms with Crippen molar-refractivity contribution in [2.45, 2.75) is 13.5 Å². The van der Waals surface area contributed by atoms with Crippen molar-refractivity contribution in [1.82, 2.24) is 0 Å². The van der Waals surface area contributed by atoms with Gasteiger partial charge in [-0.2, -0.15) is 4.39 Å². The lowest BCUT2D eigenvalue weighted by molar-refractivity contribution is 0.273. The zero-order valence-corrected chi connectivity index (χ0v) is 12.2. The summed E-state index contributed by atoms with van der Waals surface area (Å²) in [5.41, 5.74) is -1.13. The maximum Gasteiger partial charge on any atom is 0.201 e. The van der Waals surface area contributed by atoms with Crippen LogP contribution in [0.3, 0.4) is 0 Å². The van der Waals surface area contributed by atoms with Crippen LogP contribution < -0.4 is 4.74 Å². The first kappa shape index (κ1) is 17.0. The normalized spacial score (nSPS) is 11.2. The summed E-state index contributed by atoms with van der Waals surface area (Å²) >= 11 is 0. The monoisotopic (exact) mass is 326 g/mol. The molecule has 2 aromatic carbocycles. The number of hydrogen-bond donors (Lipinski definition) is 1. The molecular weight excluding hydrogens is 312 g/mol. The first-order valence-electron chi connectivity index (χ1n) is 6.81. The van der Waals surface area contributed by atoms with Gasteiger partial charge in [0, 0.05) is 16.7 Å². The third-order valence-electron chi connectivity index (χ3n) is 3.24. The van der Waals surface area contributed by atoms with Crippen LogP contribution in [0.2, 0.25) is 0 Å². The van der Waals surface area contributed by atoms with E-state index in [4.69, 9.17) is 9.84 Å². The van der Waals surface area contributed by atoms with E-state index in [1.165, 1.54) is 0 Å². The van der Waals surface area contributed by atoms with Crippen molar-refractivity contribution in [1.29, 1.82) is 0 Å². The lowest BCUT2D eigenvalue weighted by Crippen LogP contribution is -2.02. The highest BCUT2D eigenvalue weighted by atomic mass is 19.2. The lowest BCUT2D eigenvalue weighted by Gasteiger charge is -2.11. The quantitative estimate of drug-likeness (QED) is 0.653. The largest absolute Gasteiger partial charge is 0.486 e. The number of allylic oxidation sites excluding steroid dienone is 1. The van der Waals surface area contributed by atoms with Crippen molar-refractivity contribution in [2.75, 3.05) is 6.61 Å². The molecule has 122 valence electrons. The standard InChI is InChI=1S/C17H14F4O2/c1-2-3-8-23-13-7-6-12(16(20)17(13)21)11-5-4-10(9-22)14(18)15(11)19/h2-7,22H,8-9H2,1H3. The molecule has 0 amide bonds. The number of ether oxygens (including phenoxy) is 1. The summed E-state index contributed by atoms with van der Waals surface area (Å²) in [5.74, 6) is -5.58. The molecule has 0 fully saturated rings. The predicted octanol–water partition coefficient (Wildman–Crippen LogP) is 4.36. The molecule has 2 rings (SSSR count). The number of hydrogen-bond acceptors (Lipinski definition) is 2. The Kier molecular flexibility index (Phi) is 5.39. The Morgan fingerprint density at radius 2 is 1.52 bits per heavy atom. The van der Waals surface area contributed by atoms with E-state index in [2.05, 4.69) is 0 Å². The minimum atomic E-state index is -1.35. The summed E-state index contributed by atoms with van der Waals surface area (Å²) in [4.78, 5) is 0. The molecule has 6 heteroatoms. The van der Waals surface area contributed by atoms with E-state index in [-0.39, 0.29) is 17.9 Å². The van der Waals surface area contributed by atoms with Gasteiger partial charge in [-0.15, -0.1) is 0 Å². The van der Waals surface area contributed by atoms with Crippen molar-refractivity contribution in [3.63, 3.8) is 0 Å². The molecule has 0 spiro atoms. The van der Waals surface area contributed by atoms with Crippen molar-refractivity contribution in [2.24, 2.45) is 0 Å². The Labute approximate surface area is 130 Å². The molecule has 0 atom stereocenters. The third-order valence-corrected chi connectivity index (χ3v) is 3.24. The van der Waals surface area contributed by atoms with Crippen LogP contribution in [0.4, 0.5) is 17.6 Å². The number of halogens is 4. The van der Waals surface area contributed by atoms with Crippen molar-refractivity contribution in [3.05, 3.63) is 65.2 Å². The minimum absolute atomic E-state index is 0.0559. The highest BCUT2D eigenvalue weighted by Gasteiger charge is 2.21. The van der Waals surface area contributed by atoms with Crippen LogP contribution in [0.1, 0.15) is 12.5 Å². The highest BCUT2D eigenvalue weighted by molar-refractivity contribution is 5.66. The van der Waals surface area contributed by atoms with E-state index < -0.39 is 41.0 Å². The lowest BCUT2D eigenvalue weighted by atomic mass is 10.0. The van der Waals surface area contributed by atoms with Crippen molar-refractivity contribution >= 4 is 0 Å². The summed E-state index contributed by atoms with van der Waals surface area (Å²) in [5, 5.41) is 8.88. The maximum atomic E-state index is 14.1. The maximum absolute atomic E-state index is 14.1. The Balaban J connectivity index is 2.45. The third kappa shape index (κ3) is 3.37.